The lowest BCUT2D eigenvalue weighted by atomic mass is 10.4. The first kappa shape index (κ1) is 15.0. The first-order valence-electron chi connectivity index (χ1n) is 6.50. The molecule has 0 radical (unpaired) electrons. The Morgan fingerprint density at radius 3 is 2.78 bits per heavy atom. The van der Waals surface area contributed by atoms with Gasteiger partial charge in [-0.3, -0.25) is 0 Å². The lowest BCUT2D eigenvalue weighted by Crippen LogP contribution is -2.27. The van der Waals surface area contributed by atoms with E-state index in [1.807, 2.05) is 6.92 Å². The summed E-state index contributed by atoms with van der Waals surface area (Å²) in [5.74, 6) is 0.961. The number of nitrogens with one attached hydrogen (secondary N) is 1. The van der Waals surface area contributed by atoms with E-state index in [1.54, 1.807) is 7.11 Å². The van der Waals surface area contributed by atoms with E-state index in [0.29, 0.717) is 6.04 Å². The van der Waals surface area contributed by atoms with Gasteiger partial charge in [-0.15, -0.1) is 0 Å². The molecule has 5 nitrogen and oxygen atoms in total. The third kappa shape index (κ3) is 5.06. The maximum absolute atomic E-state index is 5.07. The van der Waals surface area contributed by atoms with Gasteiger partial charge in [-0.25, -0.2) is 4.98 Å². The maximum atomic E-state index is 5.07. The van der Waals surface area contributed by atoms with Gasteiger partial charge in [0.1, 0.15) is 0 Å². The third-order valence-corrected chi connectivity index (χ3v) is 2.71. The van der Waals surface area contributed by atoms with Gasteiger partial charge < -0.3 is 19.5 Å². The lowest BCUT2D eigenvalue weighted by Gasteiger charge is -2.18. The predicted octanol–water partition coefficient (Wildman–Crippen LogP) is 1.59. The highest BCUT2D eigenvalue weighted by atomic mass is 16.5. The summed E-state index contributed by atoms with van der Waals surface area (Å²) in [4.78, 5) is 6.76. The molecule has 0 saturated heterocycles. The van der Waals surface area contributed by atoms with Gasteiger partial charge in [0.05, 0.1) is 12.3 Å². The number of aromatic nitrogens is 2. The zero-order valence-electron chi connectivity index (χ0n) is 12.2. The number of aryl methyl sites for hydroxylation is 1. The standard InChI is InChI=1S/C13H26N4O/c1-11(2)14-13-15-12(3)10-17(13)7-6-16(4)8-9-18-5/h10-11H,6-9H2,1-5H3,(H,14,15). The molecule has 18 heavy (non-hydrogen) atoms. The summed E-state index contributed by atoms with van der Waals surface area (Å²) in [5.41, 5.74) is 1.05. The van der Waals surface area contributed by atoms with Gasteiger partial charge in [-0.2, -0.15) is 0 Å². The van der Waals surface area contributed by atoms with E-state index >= 15 is 0 Å². The topological polar surface area (TPSA) is 42.3 Å². The average molecular weight is 254 g/mol. The number of imidazole rings is 1. The van der Waals surface area contributed by atoms with E-state index in [2.05, 4.69) is 46.9 Å². The molecule has 1 rings (SSSR count). The molecular formula is C13H26N4O. The van der Waals surface area contributed by atoms with Crippen LogP contribution in [0.3, 0.4) is 0 Å². The molecule has 0 bridgehead atoms. The number of likely N-dealkylation sites (N-methyl/N-ethyl adjacent to an activating group) is 1. The highest BCUT2D eigenvalue weighted by molar-refractivity contribution is 5.29. The minimum atomic E-state index is 0.400. The average Bonchev–Trinajstić information content (AvgIpc) is 2.63. The van der Waals surface area contributed by atoms with E-state index in [0.717, 1.165) is 37.9 Å². The first-order valence-corrected chi connectivity index (χ1v) is 6.50. The Hall–Kier alpha value is -1.07. The van der Waals surface area contributed by atoms with E-state index < -0.39 is 0 Å². The quantitative estimate of drug-likeness (QED) is 0.765. The molecule has 0 unspecified atom stereocenters. The highest BCUT2D eigenvalue weighted by Gasteiger charge is 2.07. The highest BCUT2D eigenvalue weighted by Crippen LogP contribution is 2.09. The molecule has 0 aliphatic rings. The Kier molecular flexibility index (Phi) is 6.15. The summed E-state index contributed by atoms with van der Waals surface area (Å²) >= 11 is 0. The van der Waals surface area contributed by atoms with Crippen LogP contribution in [0.4, 0.5) is 5.95 Å². The molecule has 1 aromatic rings. The van der Waals surface area contributed by atoms with Gasteiger partial charge in [-0.05, 0) is 27.8 Å². The summed E-state index contributed by atoms with van der Waals surface area (Å²) in [6, 6.07) is 0.400. The van der Waals surface area contributed by atoms with Gasteiger partial charge in [0.25, 0.3) is 0 Å². The Balaban J connectivity index is 2.50. The van der Waals surface area contributed by atoms with E-state index in [4.69, 9.17) is 4.74 Å². The number of anilines is 1. The van der Waals surface area contributed by atoms with Crippen LogP contribution in [0.15, 0.2) is 6.20 Å². The van der Waals surface area contributed by atoms with Gasteiger partial charge in [0.15, 0.2) is 0 Å². The van der Waals surface area contributed by atoms with Crippen LogP contribution in [0.2, 0.25) is 0 Å². The maximum Gasteiger partial charge on any atom is 0.203 e. The van der Waals surface area contributed by atoms with Crippen molar-refractivity contribution in [2.45, 2.75) is 33.4 Å². The second-order valence-electron chi connectivity index (χ2n) is 4.99. The first-order chi connectivity index (χ1) is 8.52. The van der Waals surface area contributed by atoms with Crippen molar-refractivity contribution >= 4 is 5.95 Å². The van der Waals surface area contributed by atoms with Gasteiger partial charge in [0.2, 0.25) is 5.95 Å². The Labute approximate surface area is 110 Å². The Morgan fingerprint density at radius 2 is 2.17 bits per heavy atom. The smallest absolute Gasteiger partial charge is 0.203 e. The number of ether oxygens (including phenoxy) is 1. The van der Waals surface area contributed by atoms with E-state index in [1.165, 1.54) is 0 Å². The lowest BCUT2D eigenvalue weighted by molar-refractivity contribution is 0.159. The molecule has 0 fully saturated rings. The molecule has 0 atom stereocenters. The largest absolute Gasteiger partial charge is 0.383 e. The fourth-order valence-electron chi connectivity index (χ4n) is 1.73. The summed E-state index contributed by atoms with van der Waals surface area (Å²) in [6.45, 7) is 9.94. The number of rotatable bonds is 8. The van der Waals surface area contributed by atoms with Crippen molar-refractivity contribution in [3.63, 3.8) is 0 Å². The monoisotopic (exact) mass is 254 g/mol. The van der Waals surface area contributed by atoms with Crippen molar-refractivity contribution in [1.29, 1.82) is 0 Å². The Morgan fingerprint density at radius 1 is 1.44 bits per heavy atom. The molecule has 104 valence electrons. The molecule has 5 heteroatoms. The molecular weight excluding hydrogens is 228 g/mol. The van der Waals surface area contributed by atoms with Crippen LogP contribution in [0.1, 0.15) is 19.5 Å². The van der Waals surface area contributed by atoms with Crippen molar-refractivity contribution in [3.05, 3.63) is 11.9 Å². The molecule has 0 aliphatic heterocycles. The zero-order valence-corrected chi connectivity index (χ0v) is 12.2. The fraction of sp³-hybridized carbons (Fsp3) is 0.769. The summed E-state index contributed by atoms with van der Waals surface area (Å²) in [6.07, 6.45) is 2.09. The number of methoxy groups -OCH3 is 1. The van der Waals surface area contributed by atoms with E-state index in [-0.39, 0.29) is 0 Å². The Bertz CT molecular complexity index is 349. The molecule has 1 heterocycles. The third-order valence-electron chi connectivity index (χ3n) is 2.71. The zero-order chi connectivity index (χ0) is 13.5. The van der Waals surface area contributed by atoms with Crippen LogP contribution in [-0.2, 0) is 11.3 Å². The van der Waals surface area contributed by atoms with Gasteiger partial charge in [-0.1, -0.05) is 0 Å². The van der Waals surface area contributed by atoms with Crippen molar-refractivity contribution in [2.75, 3.05) is 39.2 Å². The minimum absolute atomic E-state index is 0.400. The van der Waals surface area contributed by atoms with Crippen LogP contribution in [0, 0.1) is 6.92 Å². The van der Waals surface area contributed by atoms with Crippen molar-refractivity contribution < 1.29 is 4.74 Å². The van der Waals surface area contributed by atoms with Gasteiger partial charge >= 0.3 is 0 Å². The second-order valence-corrected chi connectivity index (χ2v) is 4.99. The summed E-state index contributed by atoms with van der Waals surface area (Å²) < 4.78 is 7.25. The summed E-state index contributed by atoms with van der Waals surface area (Å²) in [5, 5.41) is 3.37. The van der Waals surface area contributed by atoms with Crippen LogP contribution >= 0.6 is 0 Å². The van der Waals surface area contributed by atoms with Crippen LogP contribution in [0.25, 0.3) is 0 Å². The fourth-order valence-corrected chi connectivity index (χ4v) is 1.73. The minimum Gasteiger partial charge on any atom is -0.383 e. The van der Waals surface area contributed by atoms with Crippen LogP contribution in [-0.4, -0.2) is 54.3 Å². The molecule has 0 amide bonds. The number of hydrogen-bond acceptors (Lipinski definition) is 4. The molecule has 1 N–H and O–H groups in total. The van der Waals surface area contributed by atoms with Crippen LogP contribution in [0.5, 0.6) is 0 Å². The van der Waals surface area contributed by atoms with Crippen LogP contribution < -0.4 is 5.32 Å². The SMILES string of the molecule is COCCN(C)CCn1cc(C)nc1NC(C)C. The normalized spacial score (nSPS) is 11.5. The number of hydrogen-bond donors (Lipinski definition) is 1. The molecule has 0 spiro atoms. The summed E-state index contributed by atoms with van der Waals surface area (Å²) in [7, 11) is 3.84. The van der Waals surface area contributed by atoms with Crippen molar-refractivity contribution in [3.8, 4) is 0 Å². The van der Waals surface area contributed by atoms with Gasteiger partial charge in [0, 0.05) is 39.0 Å². The molecule has 1 aromatic heterocycles. The molecule has 0 saturated carbocycles. The predicted molar refractivity (Wildman–Crippen MR) is 75.1 cm³/mol. The molecule has 0 aromatic carbocycles. The number of nitrogens with zero attached hydrogens (tertiary/aromatic N) is 3. The molecule has 0 aliphatic carbocycles. The van der Waals surface area contributed by atoms with Crippen molar-refractivity contribution in [1.82, 2.24) is 14.5 Å². The second kappa shape index (κ2) is 7.38. The van der Waals surface area contributed by atoms with E-state index in [9.17, 15) is 0 Å². The van der Waals surface area contributed by atoms with Crippen molar-refractivity contribution in [2.24, 2.45) is 0 Å².